The molecule has 1 heterocycles. The van der Waals surface area contributed by atoms with Crippen LogP contribution >= 0.6 is 0 Å². The maximum atomic E-state index is 10.6. The zero-order valence-corrected chi connectivity index (χ0v) is 11.2. The van der Waals surface area contributed by atoms with Crippen molar-refractivity contribution < 1.29 is 50.2 Å². The lowest BCUT2D eigenvalue weighted by Gasteiger charge is -2.42. The Labute approximate surface area is 113 Å². The summed E-state index contributed by atoms with van der Waals surface area (Å²) >= 11 is 0. The van der Waals surface area contributed by atoms with Crippen molar-refractivity contribution in [2.75, 3.05) is 6.61 Å². The van der Waals surface area contributed by atoms with Crippen LogP contribution in [-0.2, 0) is 29.6 Å². The van der Waals surface area contributed by atoms with Crippen LogP contribution in [0.1, 0.15) is 0 Å². The Bertz CT molecular complexity index is 529. The summed E-state index contributed by atoms with van der Waals surface area (Å²) in [5, 5.41) is 27.9. The van der Waals surface area contributed by atoms with Crippen molar-refractivity contribution >= 4 is 20.7 Å². The minimum atomic E-state index is -5.40. The molecule has 12 nitrogen and oxygen atoms in total. The molecule has 0 aromatic carbocycles. The molecule has 1 aliphatic rings. The fraction of sp³-hybridized carbons (Fsp3) is 1.00. The molecular weight excluding hydrogens is 326 g/mol. The molecule has 4 N–H and O–H groups in total. The molecule has 20 heavy (non-hydrogen) atoms. The lowest BCUT2D eigenvalue weighted by Crippen LogP contribution is -2.65. The van der Waals surface area contributed by atoms with Crippen LogP contribution in [0, 0.1) is 0 Å². The number of hydrogen-bond acceptors (Lipinski definition) is 11. The van der Waals surface area contributed by atoms with Crippen molar-refractivity contribution in [3.8, 4) is 0 Å². The summed E-state index contributed by atoms with van der Waals surface area (Å²) in [6.45, 7) is -0.895. The SMILES string of the molecule is O=S(=O)([O-])N[C@@H]1[C@@H](OS(=O)(=O)[O-])[C@H](O)[C@@H](CO)O[C@@H]1O. The first-order valence-electron chi connectivity index (χ1n) is 4.94. The van der Waals surface area contributed by atoms with Crippen LogP contribution in [0.25, 0.3) is 0 Å². The molecule has 0 aromatic heterocycles. The first-order chi connectivity index (χ1) is 8.94. The van der Waals surface area contributed by atoms with Crippen molar-refractivity contribution in [1.29, 1.82) is 0 Å². The zero-order chi connectivity index (χ0) is 15.7. The number of ether oxygens (including phenoxy) is 1. The van der Waals surface area contributed by atoms with E-state index in [2.05, 4.69) is 8.92 Å². The largest absolute Gasteiger partial charge is 0.735 e. The summed E-state index contributed by atoms with van der Waals surface area (Å²) in [5.41, 5.74) is 0. The van der Waals surface area contributed by atoms with Crippen LogP contribution in [0.5, 0.6) is 0 Å². The highest BCUT2D eigenvalue weighted by atomic mass is 32.3. The van der Waals surface area contributed by atoms with Gasteiger partial charge in [0.05, 0.1) is 6.61 Å². The second kappa shape index (κ2) is 6.14. The second-order valence-electron chi connectivity index (χ2n) is 3.81. The molecule has 0 bridgehead atoms. The minimum absolute atomic E-state index is 0.895. The van der Waals surface area contributed by atoms with Crippen molar-refractivity contribution in [2.45, 2.75) is 30.6 Å². The van der Waals surface area contributed by atoms with Gasteiger partial charge in [-0.05, 0) is 0 Å². The third kappa shape index (κ3) is 4.85. The highest BCUT2D eigenvalue weighted by molar-refractivity contribution is 7.83. The van der Waals surface area contributed by atoms with E-state index in [0.29, 0.717) is 0 Å². The van der Waals surface area contributed by atoms with E-state index in [4.69, 9.17) is 5.11 Å². The Balaban J connectivity index is 3.09. The molecule has 1 saturated heterocycles. The summed E-state index contributed by atoms with van der Waals surface area (Å²) < 4.78 is 73.0. The lowest BCUT2D eigenvalue weighted by atomic mass is 9.98. The van der Waals surface area contributed by atoms with Gasteiger partial charge >= 0.3 is 0 Å². The van der Waals surface area contributed by atoms with E-state index in [1.54, 1.807) is 0 Å². The average molecular weight is 337 g/mol. The smallest absolute Gasteiger partial charge is 0.218 e. The molecule has 0 aliphatic carbocycles. The molecule has 0 saturated carbocycles. The molecule has 5 atom stereocenters. The third-order valence-electron chi connectivity index (χ3n) is 2.38. The van der Waals surface area contributed by atoms with Gasteiger partial charge in [-0.2, -0.15) is 0 Å². The van der Waals surface area contributed by atoms with E-state index in [0.717, 1.165) is 0 Å². The molecule has 0 unspecified atom stereocenters. The molecule has 120 valence electrons. The quantitative estimate of drug-likeness (QED) is 0.277. The predicted octanol–water partition coefficient (Wildman–Crippen LogP) is -4.68. The Morgan fingerprint density at radius 1 is 1.20 bits per heavy atom. The van der Waals surface area contributed by atoms with E-state index >= 15 is 0 Å². The Morgan fingerprint density at radius 3 is 2.15 bits per heavy atom. The van der Waals surface area contributed by atoms with E-state index in [9.17, 15) is 36.2 Å². The number of rotatable bonds is 5. The monoisotopic (exact) mass is 337 g/mol. The normalized spacial score (nSPS) is 36.0. The highest BCUT2D eigenvalue weighted by Crippen LogP contribution is 2.23. The number of aliphatic hydroxyl groups is 3. The zero-order valence-electron chi connectivity index (χ0n) is 9.52. The highest BCUT2D eigenvalue weighted by Gasteiger charge is 2.47. The van der Waals surface area contributed by atoms with E-state index in [1.807, 2.05) is 0 Å². The van der Waals surface area contributed by atoms with Crippen molar-refractivity contribution in [2.24, 2.45) is 0 Å². The van der Waals surface area contributed by atoms with Gasteiger partial charge in [0.25, 0.3) is 0 Å². The van der Waals surface area contributed by atoms with Gasteiger partial charge in [-0.3, -0.25) is 4.18 Å². The van der Waals surface area contributed by atoms with Crippen LogP contribution in [0.2, 0.25) is 0 Å². The molecule has 0 spiro atoms. The molecule has 1 rings (SSSR count). The second-order valence-corrected chi connectivity index (χ2v) is 5.96. The first kappa shape index (κ1) is 17.6. The third-order valence-corrected chi connectivity index (χ3v) is 3.40. The summed E-state index contributed by atoms with van der Waals surface area (Å²) in [7, 11) is -10.6. The number of nitrogens with one attached hydrogen (secondary N) is 1. The van der Waals surface area contributed by atoms with Crippen molar-refractivity contribution in [3.63, 3.8) is 0 Å². The maximum Gasteiger partial charge on any atom is 0.218 e. The summed E-state index contributed by atoms with van der Waals surface area (Å²) in [6, 6.07) is -2.06. The summed E-state index contributed by atoms with van der Waals surface area (Å²) in [4.78, 5) is 0. The molecular formula is C6H11NO11S2-2. The van der Waals surface area contributed by atoms with Gasteiger partial charge in [-0.1, -0.05) is 0 Å². The minimum Gasteiger partial charge on any atom is -0.735 e. The van der Waals surface area contributed by atoms with Gasteiger partial charge in [0.1, 0.15) is 24.4 Å². The van der Waals surface area contributed by atoms with Crippen molar-refractivity contribution in [3.05, 3.63) is 0 Å². The van der Waals surface area contributed by atoms with Gasteiger partial charge < -0.3 is 29.2 Å². The van der Waals surface area contributed by atoms with Crippen molar-refractivity contribution in [1.82, 2.24) is 4.72 Å². The number of hydrogen-bond donors (Lipinski definition) is 4. The van der Waals surface area contributed by atoms with E-state index < -0.39 is 58.0 Å². The molecule has 0 aromatic rings. The number of aliphatic hydroxyl groups excluding tert-OH is 3. The van der Waals surface area contributed by atoms with Crippen LogP contribution in [-0.4, -0.2) is 78.5 Å². The van der Waals surface area contributed by atoms with Crippen LogP contribution in [0.15, 0.2) is 0 Å². The van der Waals surface area contributed by atoms with Gasteiger partial charge in [-0.15, -0.1) is 0 Å². The van der Waals surface area contributed by atoms with Crippen LogP contribution < -0.4 is 4.72 Å². The Kier molecular flexibility index (Phi) is 5.41. The molecule has 14 heteroatoms. The van der Waals surface area contributed by atoms with E-state index in [1.165, 1.54) is 4.72 Å². The standard InChI is InChI=1S/C6H13NO11S2/c8-1-2-4(9)5(18-20(14,15)16)3(6(10)17-2)7-19(11,12)13/h2-10H,1H2,(H,11,12,13)(H,14,15,16)/p-2/t2-,3-,4-,5-,6+/m1/s1. The van der Waals surface area contributed by atoms with Gasteiger partial charge in [0.2, 0.25) is 10.4 Å². The Morgan fingerprint density at radius 2 is 1.75 bits per heavy atom. The molecule has 0 amide bonds. The fourth-order valence-corrected chi connectivity index (χ4v) is 2.72. The molecule has 1 fully saturated rings. The molecule has 1 aliphatic heterocycles. The topological polar surface area (TPSA) is 206 Å². The van der Waals surface area contributed by atoms with Gasteiger partial charge in [0.15, 0.2) is 16.6 Å². The fourth-order valence-electron chi connectivity index (χ4n) is 1.63. The summed E-state index contributed by atoms with van der Waals surface area (Å²) in [6.07, 6.45) is -7.83. The van der Waals surface area contributed by atoms with Gasteiger partial charge in [-0.25, -0.2) is 21.6 Å². The molecule has 0 radical (unpaired) electrons. The van der Waals surface area contributed by atoms with Gasteiger partial charge in [0, 0.05) is 0 Å². The first-order valence-corrected chi connectivity index (χ1v) is 7.68. The maximum absolute atomic E-state index is 10.6. The summed E-state index contributed by atoms with van der Waals surface area (Å²) in [5.74, 6) is 0. The predicted molar refractivity (Wildman–Crippen MR) is 55.2 cm³/mol. The van der Waals surface area contributed by atoms with Crippen LogP contribution in [0.3, 0.4) is 0 Å². The average Bonchev–Trinajstić information content (AvgIpc) is 2.25. The van der Waals surface area contributed by atoms with Crippen LogP contribution in [0.4, 0.5) is 0 Å². The lowest BCUT2D eigenvalue weighted by molar-refractivity contribution is -0.247. The van der Waals surface area contributed by atoms with E-state index in [-0.39, 0.29) is 0 Å². The Hall–Kier alpha value is -0.420.